The molecule has 0 bridgehead atoms. The van der Waals surface area contributed by atoms with Gasteiger partial charge in [0.15, 0.2) is 0 Å². The third kappa shape index (κ3) is 3.15. The van der Waals surface area contributed by atoms with Gasteiger partial charge in [0.1, 0.15) is 0 Å². The maximum atomic E-state index is 6.03. The first kappa shape index (κ1) is 13.9. The number of unbranched alkanes of at least 4 members (excludes halogenated alkanes) is 1. The summed E-state index contributed by atoms with van der Waals surface area (Å²) in [5.41, 5.74) is 0. The Hall–Kier alpha value is -1.07. The quantitative estimate of drug-likeness (QED) is 0.808. The Kier molecular flexibility index (Phi) is 4.58. The summed E-state index contributed by atoms with van der Waals surface area (Å²) in [5, 5.41) is 3.41. The maximum absolute atomic E-state index is 6.03. The van der Waals surface area contributed by atoms with Crippen LogP contribution in [0.2, 0.25) is 0 Å². The molecule has 2 aliphatic heterocycles. The Morgan fingerprint density at radius 2 is 2.45 bits per heavy atom. The average Bonchev–Trinajstić information content (AvgIpc) is 3.08. The van der Waals surface area contributed by atoms with Gasteiger partial charge in [-0.15, -0.1) is 0 Å². The van der Waals surface area contributed by atoms with E-state index in [1.54, 1.807) is 0 Å². The van der Waals surface area contributed by atoms with Crippen molar-refractivity contribution in [2.45, 2.75) is 51.3 Å². The summed E-state index contributed by atoms with van der Waals surface area (Å²) in [4.78, 5) is 7.00. The number of hydrogen-bond acceptors (Lipinski definition) is 4. The van der Waals surface area contributed by atoms with E-state index in [2.05, 4.69) is 26.7 Å². The largest absolute Gasteiger partial charge is 0.373 e. The summed E-state index contributed by atoms with van der Waals surface area (Å²) < 4.78 is 8.22. The number of morpholine rings is 1. The number of hydrogen-bond donors (Lipinski definition) is 1. The van der Waals surface area contributed by atoms with E-state index >= 15 is 0 Å². The van der Waals surface area contributed by atoms with Crippen LogP contribution in [-0.4, -0.2) is 52.8 Å². The van der Waals surface area contributed by atoms with Gasteiger partial charge in [-0.05, 0) is 25.8 Å². The van der Waals surface area contributed by atoms with Gasteiger partial charge in [0.05, 0.1) is 19.3 Å². The van der Waals surface area contributed by atoms with Crippen LogP contribution in [0.5, 0.6) is 0 Å². The van der Waals surface area contributed by atoms with Crippen molar-refractivity contribution in [2.24, 2.45) is 0 Å². The lowest BCUT2D eigenvalue weighted by atomic mass is 10.2. The minimum Gasteiger partial charge on any atom is -0.373 e. The van der Waals surface area contributed by atoms with Gasteiger partial charge in [0.25, 0.3) is 0 Å². The van der Waals surface area contributed by atoms with Gasteiger partial charge in [0.2, 0.25) is 5.95 Å². The van der Waals surface area contributed by atoms with Gasteiger partial charge >= 0.3 is 0 Å². The highest BCUT2D eigenvalue weighted by Crippen LogP contribution is 2.23. The summed E-state index contributed by atoms with van der Waals surface area (Å²) in [6.07, 6.45) is 9.24. The molecular formula is C15H26N4O. The fourth-order valence-electron chi connectivity index (χ4n) is 3.22. The van der Waals surface area contributed by atoms with Crippen molar-refractivity contribution in [2.75, 3.05) is 31.6 Å². The fraction of sp³-hybridized carbons (Fsp3) is 0.800. The molecule has 0 aliphatic carbocycles. The van der Waals surface area contributed by atoms with Gasteiger partial charge in [-0.1, -0.05) is 13.3 Å². The molecule has 20 heavy (non-hydrogen) atoms. The van der Waals surface area contributed by atoms with Crippen LogP contribution < -0.4 is 5.32 Å². The molecule has 0 spiro atoms. The van der Waals surface area contributed by atoms with Gasteiger partial charge < -0.3 is 14.6 Å². The maximum Gasteiger partial charge on any atom is 0.202 e. The lowest BCUT2D eigenvalue weighted by Gasteiger charge is -2.35. The molecule has 1 N–H and O–H groups in total. The third-order valence-corrected chi connectivity index (χ3v) is 4.39. The van der Waals surface area contributed by atoms with E-state index in [1.165, 1.54) is 32.2 Å². The predicted octanol–water partition coefficient (Wildman–Crippen LogP) is 1.96. The van der Waals surface area contributed by atoms with E-state index in [4.69, 9.17) is 4.74 Å². The topological polar surface area (TPSA) is 42.3 Å². The summed E-state index contributed by atoms with van der Waals surface area (Å²) in [6, 6.07) is 0.677. The summed E-state index contributed by atoms with van der Waals surface area (Å²) >= 11 is 0. The van der Waals surface area contributed by atoms with Crippen molar-refractivity contribution in [1.82, 2.24) is 14.5 Å². The second kappa shape index (κ2) is 6.59. The highest BCUT2D eigenvalue weighted by atomic mass is 16.5. The molecule has 2 aliphatic rings. The molecule has 2 atom stereocenters. The third-order valence-electron chi connectivity index (χ3n) is 4.39. The van der Waals surface area contributed by atoms with Crippen molar-refractivity contribution in [1.29, 1.82) is 0 Å². The number of nitrogens with zero attached hydrogens (tertiary/aromatic N) is 3. The zero-order valence-corrected chi connectivity index (χ0v) is 12.4. The second-order valence-electron chi connectivity index (χ2n) is 5.93. The molecule has 1 aromatic rings. The van der Waals surface area contributed by atoms with Gasteiger partial charge in [-0.25, -0.2) is 4.98 Å². The Labute approximate surface area is 121 Å². The van der Waals surface area contributed by atoms with Crippen molar-refractivity contribution in [3.63, 3.8) is 0 Å². The van der Waals surface area contributed by atoms with Gasteiger partial charge in [-0.3, -0.25) is 4.90 Å². The Balaban J connectivity index is 1.53. The Morgan fingerprint density at radius 1 is 1.50 bits per heavy atom. The number of nitrogens with one attached hydrogen (secondary N) is 1. The van der Waals surface area contributed by atoms with E-state index in [0.29, 0.717) is 12.1 Å². The number of imidazole rings is 1. The van der Waals surface area contributed by atoms with Crippen LogP contribution in [-0.2, 0) is 11.3 Å². The normalized spacial score (nSPS) is 26.6. The van der Waals surface area contributed by atoms with Crippen LogP contribution in [0.3, 0.4) is 0 Å². The molecule has 0 amide bonds. The van der Waals surface area contributed by atoms with E-state index in [1.807, 2.05) is 12.4 Å². The first-order valence-electron chi connectivity index (χ1n) is 7.97. The van der Waals surface area contributed by atoms with Crippen LogP contribution in [0.1, 0.15) is 32.6 Å². The number of fused-ring (bicyclic) bond motifs is 1. The van der Waals surface area contributed by atoms with Crippen LogP contribution in [0, 0.1) is 0 Å². The zero-order valence-electron chi connectivity index (χ0n) is 12.4. The van der Waals surface area contributed by atoms with Crippen molar-refractivity contribution in [3.05, 3.63) is 12.4 Å². The minimum atomic E-state index is 0.297. The van der Waals surface area contributed by atoms with E-state index in [9.17, 15) is 0 Å². The molecule has 0 radical (unpaired) electrons. The van der Waals surface area contributed by atoms with Crippen LogP contribution in [0.25, 0.3) is 0 Å². The lowest BCUT2D eigenvalue weighted by molar-refractivity contribution is -0.0549. The van der Waals surface area contributed by atoms with E-state index < -0.39 is 0 Å². The van der Waals surface area contributed by atoms with Crippen LogP contribution in [0.4, 0.5) is 5.95 Å². The number of aromatic nitrogens is 2. The van der Waals surface area contributed by atoms with Crippen molar-refractivity contribution in [3.8, 4) is 0 Å². The molecule has 2 fully saturated rings. The molecular weight excluding hydrogens is 252 g/mol. The molecule has 5 nitrogen and oxygen atoms in total. The van der Waals surface area contributed by atoms with Crippen molar-refractivity contribution < 1.29 is 4.74 Å². The second-order valence-corrected chi connectivity index (χ2v) is 5.93. The fourth-order valence-corrected chi connectivity index (χ4v) is 3.22. The first-order chi connectivity index (χ1) is 9.86. The minimum absolute atomic E-state index is 0.297. The molecule has 0 aromatic carbocycles. The van der Waals surface area contributed by atoms with E-state index in [-0.39, 0.29) is 0 Å². The highest BCUT2D eigenvalue weighted by Gasteiger charge is 2.32. The summed E-state index contributed by atoms with van der Waals surface area (Å²) in [7, 11) is 0. The zero-order chi connectivity index (χ0) is 13.8. The average molecular weight is 278 g/mol. The molecule has 0 saturated carbocycles. The first-order valence-corrected chi connectivity index (χ1v) is 7.97. The monoisotopic (exact) mass is 278 g/mol. The number of anilines is 1. The van der Waals surface area contributed by atoms with Gasteiger partial charge in [0, 0.05) is 31.5 Å². The summed E-state index contributed by atoms with van der Waals surface area (Å²) in [5.74, 6) is 0.977. The molecule has 5 heteroatoms. The standard InChI is InChI=1S/C15H26N4O/c1-2-3-6-16-15-17-7-9-19(15)11-14-10-18-8-4-5-13(18)12-20-14/h7,9,13-14H,2-6,8,10-12H2,1H3,(H,16,17). The molecule has 2 saturated heterocycles. The number of rotatable bonds is 6. The van der Waals surface area contributed by atoms with Crippen molar-refractivity contribution >= 4 is 5.95 Å². The number of ether oxygens (including phenoxy) is 1. The summed E-state index contributed by atoms with van der Waals surface area (Å²) in [6.45, 7) is 7.31. The SMILES string of the molecule is CCCCNc1nccn1CC1CN2CCCC2CO1. The van der Waals surface area contributed by atoms with Crippen LogP contribution in [0.15, 0.2) is 12.4 Å². The lowest BCUT2D eigenvalue weighted by Crippen LogP contribution is -2.47. The molecule has 112 valence electrons. The van der Waals surface area contributed by atoms with Gasteiger partial charge in [-0.2, -0.15) is 0 Å². The molecule has 3 rings (SSSR count). The molecule has 3 heterocycles. The molecule has 2 unspecified atom stereocenters. The highest BCUT2D eigenvalue weighted by molar-refractivity contribution is 5.25. The predicted molar refractivity (Wildman–Crippen MR) is 80.0 cm³/mol. The Bertz CT molecular complexity index is 420. The van der Waals surface area contributed by atoms with Crippen LogP contribution >= 0.6 is 0 Å². The smallest absolute Gasteiger partial charge is 0.202 e. The Morgan fingerprint density at radius 3 is 3.35 bits per heavy atom. The van der Waals surface area contributed by atoms with E-state index in [0.717, 1.165) is 32.2 Å². The molecule has 1 aromatic heterocycles.